The summed E-state index contributed by atoms with van der Waals surface area (Å²) in [4.78, 5) is 12.6. The molecule has 0 saturated carbocycles. The predicted molar refractivity (Wildman–Crippen MR) is 65.3 cm³/mol. The summed E-state index contributed by atoms with van der Waals surface area (Å²) in [5, 5.41) is 20.1. The molecule has 8 heteroatoms. The molecule has 1 saturated heterocycles. The summed E-state index contributed by atoms with van der Waals surface area (Å²) in [7, 11) is 0. The van der Waals surface area contributed by atoms with E-state index in [-0.39, 0.29) is 5.41 Å². The lowest BCUT2D eigenvalue weighted by molar-refractivity contribution is 0.188. The fourth-order valence-corrected chi connectivity index (χ4v) is 2.61. The number of nitrogens with one attached hydrogen (secondary N) is 1. The number of amides is 1. The van der Waals surface area contributed by atoms with Gasteiger partial charge in [-0.3, -0.25) is 0 Å². The minimum absolute atomic E-state index is 0.0567. The molecule has 0 aliphatic carbocycles. The molecule has 1 fully saturated rings. The van der Waals surface area contributed by atoms with Crippen LogP contribution in [0.4, 0.5) is 15.1 Å². The van der Waals surface area contributed by atoms with E-state index in [1.165, 1.54) is 11.3 Å². The first-order valence-electron chi connectivity index (χ1n) is 5.29. The lowest BCUT2D eigenvalue weighted by Crippen LogP contribution is -2.37. The number of anilines is 2. The number of aromatic nitrogens is 2. The van der Waals surface area contributed by atoms with E-state index >= 15 is 0 Å². The normalized spacial score (nSPS) is 23.9. The highest BCUT2D eigenvalue weighted by molar-refractivity contribution is 7.18. The lowest BCUT2D eigenvalue weighted by atomic mass is 9.90. The summed E-state index contributed by atoms with van der Waals surface area (Å²) in [6.07, 6.45) is -0.0583. The predicted octanol–water partition coefficient (Wildman–Crippen LogP) is 0.604. The second-order valence-corrected chi connectivity index (χ2v) is 5.55. The number of carbonyl (C=O) groups is 1. The van der Waals surface area contributed by atoms with Crippen LogP contribution in [0, 0.1) is 5.41 Å². The maximum absolute atomic E-state index is 10.5. The van der Waals surface area contributed by atoms with Crippen LogP contribution in [0.15, 0.2) is 0 Å². The molecule has 1 atom stereocenters. The van der Waals surface area contributed by atoms with E-state index in [0.29, 0.717) is 11.7 Å². The Bertz CT molecular complexity index is 423. The van der Waals surface area contributed by atoms with E-state index in [9.17, 15) is 4.79 Å². The maximum atomic E-state index is 10.5. The highest BCUT2D eigenvalue weighted by Crippen LogP contribution is 2.34. The monoisotopic (exact) mass is 257 g/mol. The van der Waals surface area contributed by atoms with Crippen LogP contribution in [0.25, 0.3) is 0 Å². The molecule has 1 amide bonds. The smallest absolute Gasteiger partial charge is 0.404 e. The molecule has 2 heterocycles. The van der Waals surface area contributed by atoms with Gasteiger partial charge in [0.25, 0.3) is 0 Å². The Morgan fingerprint density at radius 3 is 3.06 bits per heavy atom. The van der Waals surface area contributed by atoms with Gasteiger partial charge in [0.05, 0.1) is 0 Å². The third-order valence-corrected chi connectivity index (χ3v) is 3.74. The number of nitrogen functional groups attached to an aromatic ring is 1. The number of nitrogens with zero attached hydrogens (tertiary/aromatic N) is 3. The number of rotatable bonds is 3. The third kappa shape index (κ3) is 2.76. The second kappa shape index (κ2) is 4.36. The highest BCUT2D eigenvalue weighted by atomic mass is 32.1. The van der Waals surface area contributed by atoms with Crippen LogP contribution in [-0.2, 0) is 0 Å². The molecular weight excluding hydrogens is 242 g/mol. The van der Waals surface area contributed by atoms with Gasteiger partial charge in [-0.15, -0.1) is 10.2 Å². The molecule has 4 N–H and O–H groups in total. The van der Waals surface area contributed by atoms with Gasteiger partial charge in [-0.2, -0.15) is 0 Å². The second-order valence-electron chi connectivity index (χ2n) is 4.56. The SMILES string of the molecule is CC1(CNC(=O)O)CCN(c2nnc(N)s2)C1. The summed E-state index contributed by atoms with van der Waals surface area (Å²) < 4.78 is 0. The number of hydrogen-bond acceptors (Lipinski definition) is 6. The molecular formula is C9H15N5O2S. The van der Waals surface area contributed by atoms with E-state index in [4.69, 9.17) is 10.8 Å². The Hall–Kier alpha value is -1.57. The highest BCUT2D eigenvalue weighted by Gasteiger charge is 2.35. The van der Waals surface area contributed by atoms with Gasteiger partial charge in [-0.1, -0.05) is 18.3 Å². The zero-order chi connectivity index (χ0) is 12.5. The molecule has 17 heavy (non-hydrogen) atoms. The topological polar surface area (TPSA) is 104 Å². The van der Waals surface area contributed by atoms with Gasteiger partial charge in [0, 0.05) is 25.0 Å². The molecule has 1 aliphatic rings. The van der Waals surface area contributed by atoms with Crippen LogP contribution < -0.4 is 16.0 Å². The van der Waals surface area contributed by atoms with E-state index in [1.54, 1.807) is 0 Å². The van der Waals surface area contributed by atoms with Crippen molar-refractivity contribution in [2.45, 2.75) is 13.3 Å². The molecule has 0 spiro atoms. The lowest BCUT2D eigenvalue weighted by Gasteiger charge is -2.23. The van der Waals surface area contributed by atoms with Crippen molar-refractivity contribution in [1.29, 1.82) is 0 Å². The molecule has 0 radical (unpaired) electrons. The van der Waals surface area contributed by atoms with Crippen LogP contribution in [-0.4, -0.2) is 41.0 Å². The van der Waals surface area contributed by atoms with Crippen molar-refractivity contribution in [3.05, 3.63) is 0 Å². The van der Waals surface area contributed by atoms with Crippen molar-refractivity contribution in [3.63, 3.8) is 0 Å². The van der Waals surface area contributed by atoms with Crippen LogP contribution in [0.3, 0.4) is 0 Å². The van der Waals surface area contributed by atoms with Gasteiger partial charge < -0.3 is 21.1 Å². The van der Waals surface area contributed by atoms with Gasteiger partial charge in [-0.05, 0) is 6.42 Å². The Balaban J connectivity index is 1.96. The molecule has 1 aliphatic heterocycles. The first kappa shape index (κ1) is 11.9. The minimum Gasteiger partial charge on any atom is -0.465 e. The fraction of sp³-hybridized carbons (Fsp3) is 0.667. The average Bonchev–Trinajstić information content (AvgIpc) is 2.83. The third-order valence-electron chi connectivity index (χ3n) is 2.92. The first-order valence-corrected chi connectivity index (χ1v) is 6.11. The average molecular weight is 257 g/mol. The van der Waals surface area contributed by atoms with Crippen molar-refractivity contribution in [1.82, 2.24) is 15.5 Å². The van der Waals surface area contributed by atoms with Crippen LogP contribution in [0.5, 0.6) is 0 Å². The van der Waals surface area contributed by atoms with Crippen molar-refractivity contribution in [3.8, 4) is 0 Å². The van der Waals surface area contributed by atoms with Gasteiger partial charge in [0.15, 0.2) is 0 Å². The Kier molecular flexibility index (Phi) is 3.05. The molecule has 94 valence electrons. The quantitative estimate of drug-likeness (QED) is 0.732. The summed E-state index contributed by atoms with van der Waals surface area (Å²) in [6.45, 7) is 4.13. The van der Waals surface area contributed by atoms with E-state index in [1.807, 2.05) is 0 Å². The fourth-order valence-electron chi connectivity index (χ4n) is 1.97. The summed E-state index contributed by atoms with van der Waals surface area (Å²) in [5.41, 5.74) is 5.48. The van der Waals surface area contributed by atoms with E-state index in [2.05, 4.69) is 27.3 Å². The zero-order valence-electron chi connectivity index (χ0n) is 9.51. The Morgan fingerprint density at radius 2 is 2.47 bits per heavy atom. The van der Waals surface area contributed by atoms with Gasteiger partial charge >= 0.3 is 6.09 Å². The minimum atomic E-state index is -0.982. The van der Waals surface area contributed by atoms with Crippen molar-refractivity contribution < 1.29 is 9.90 Å². The van der Waals surface area contributed by atoms with Crippen molar-refractivity contribution >= 4 is 27.7 Å². The Labute approximate surface area is 103 Å². The number of nitrogens with two attached hydrogens (primary N) is 1. The van der Waals surface area contributed by atoms with Crippen LogP contribution in [0.2, 0.25) is 0 Å². The summed E-state index contributed by atoms with van der Waals surface area (Å²) >= 11 is 1.35. The maximum Gasteiger partial charge on any atom is 0.404 e. The van der Waals surface area contributed by atoms with Crippen molar-refractivity contribution in [2.75, 3.05) is 30.3 Å². The summed E-state index contributed by atoms with van der Waals surface area (Å²) in [5.74, 6) is 0. The summed E-state index contributed by atoms with van der Waals surface area (Å²) in [6, 6.07) is 0. The van der Waals surface area contributed by atoms with Crippen LogP contribution in [0.1, 0.15) is 13.3 Å². The zero-order valence-corrected chi connectivity index (χ0v) is 10.3. The van der Waals surface area contributed by atoms with Gasteiger partial charge in [0.2, 0.25) is 10.3 Å². The molecule has 7 nitrogen and oxygen atoms in total. The largest absolute Gasteiger partial charge is 0.465 e. The molecule has 0 aromatic carbocycles. The number of hydrogen-bond donors (Lipinski definition) is 3. The molecule has 1 aromatic heterocycles. The molecule has 1 unspecified atom stereocenters. The van der Waals surface area contributed by atoms with Crippen molar-refractivity contribution in [2.24, 2.45) is 5.41 Å². The van der Waals surface area contributed by atoms with Gasteiger partial charge in [-0.25, -0.2) is 4.79 Å². The van der Waals surface area contributed by atoms with E-state index in [0.717, 1.165) is 24.6 Å². The van der Waals surface area contributed by atoms with E-state index < -0.39 is 6.09 Å². The number of carboxylic acid groups (broad SMARTS) is 1. The molecule has 0 bridgehead atoms. The molecule has 2 rings (SSSR count). The van der Waals surface area contributed by atoms with Gasteiger partial charge in [0.1, 0.15) is 0 Å². The standard InChI is InChI=1S/C9H15N5O2S/c1-9(4-11-8(15)16)2-3-14(5-9)7-13-12-6(10)17-7/h11H,2-5H2,1H3,(H2,10,12)(H,15,16). The first-order chi connectivity index (χ1) is 7.98. The van der Waals surface area contributed by atoms with Crippen LogP contribution >= 0.6 is 11.3 Å². The molecule has 1 aromatic rings. The Morgan fingerprint density at radius 1 is 1.71 bits per heavy atom.